The molecule has 500 valence electrons. The lowest BCUT2D eigenvalue weighted by Crippen LogP contribution is -2.37. The van der Waals surface area contributed by atoms with Crippen LogP contribution in [0.25, 0.3) is 0 Å². The van der Waals surface area contributed by atoms with Gasteiger partial charge in [0.15, 0.2) is 6.10 Å². The zero-order chi connectivity index (χ0) is 62.6. The molecule has 86 heavy (non-hydrogen) atoms. The van der Waals surface area contributed by atoms with E-state index in [0.717, 1.165) is 96.3 Å². The minimum Gasteiger partial charge on any atom is -0.756 e. The SMILES string of the molecule is CC/C=C\C/C=C\C/C=C\C/C=C\C/C=C\C/C=C\C/C=C\CCCCCCCC(=O)OC(COC(=O)CCCCCCCCCCCCCCCCCCCCCCCCCCCCCCCCCCCCC)COP(=O)([O-])OCC[N+](C)(C)C. The van der Waals surface area contributed by atoms with Crippen LogP contribution in [0.2, 0.25) is 0 Å². The lowest BCUT2D eigenvalue weighted by molar-refractivity contribution is -0.870. The van der Waals surface area contributed by atoms with Crippen LogP contribution < -0.4 is 4.89 Å². The van der Waals surface area contributed by atoms with E-state index >= 15 is 0 Å². The molecule has 0 rings (SSSR count). The number of esters is 2. The highest BCUT2D eigenvalue weighted by atomic mass is 31.2. The van der Waals surface area contributed by atoms with Gasteiger partial charge in [0, 0.05) is 12.8 Å². The van der Waals surface area contributed by atoms with Crippen LogP contribution in [0.1, 0.15) is 335 Å². The second-order valence-electron chi connectivity index (χ2n) is 25.6. The van der Waals surface area contributed by atoms with Gasteiger partial charge in [-0.15, -0.1) is 0 Å². The first-order valence-corrected chi connectivity index (χ1v) is 37.8. The molecule has 0 aliphatic rings. The van der Waals surface area contributed by atoms with Crippen LogP contribution in [0.15, 0.2) is 85.1 Å². The molecular weight excluding hydrogens is 1090 g/mol. The third-order valence-electron chi connectivity index (χ3n) is 15.9. The number of likely N-dealkylation sites (N-methyl/N-ethyl adjacent to an activating group) is 1. The summed E-state index contributed by atoms with van der Waals surface area (Å²) in [4.78, 5) is 38.1. The van der Waals surface area contributed by atoms with Crippen LogP contribution in [0.3, 0.4) is 0 Å². The van der Waals surface area contributed by atoms with Gasteiger partial charge in [-0.05, 0) is 70.6 Å². The molecule has 0 bridgehead atoms. The molecule has 0 amide bonds. The minimum absolute atomic E-state index is 0.0376. The summed E-state index contributed by atoms with van der Waals surface area (Å²) >= 11 is 0. The van der Waals surface area contributed by atoms with Gasteiger partial charge < -0.3 is 27.9 Å². The van der Waals surface area contributed by atoms with Crippen molar-refractivity contribution in [2.75, 3.05) is 47.5 Å². The number of phosphoric ester groups is 1. The van der Waals surface area contributed by atoms with Crippen molar-refractivity contribution in [2.24, 2.45) is 0 Å². The van der Waals surface area contributed by atoms with Crippen molar-refractivity contribution in [1.29, 1.82) is 0 Å². The van der Waals surface area contributed by atoms with Gasteiger partial charge in [0.2, 0.25) is 0 Å². The Morgan fingerprint density at radius 1 is 0.372 bits per heavy atom. The molecule has 0 aromatic carbocycles. The Morgan fingerprint density at radius 2 is 0.663 bits per heavy atom. The first-order valence-electron chi connectivity index (χ1n) is 36.3. The van der Waals surface area contributed by atoms with Gasteiger partial charge in [0.05, 0.1) is 27.7 Å². The standard InChI is InChI=1S/C76H138NO8P/c1-6-8-10-12-14-16-18-20-22-24-26-28-30-32-34-35-36-37-38-39-40-41-43-44-46-48-50-52-54-56-58-60-62-64-66-68-75(78)82-72-74(73-84-86(80,81)83-71-70-77(3,4)5)85-76(79)69-67-65-63-61-59-57-55-53-51-49-47-45-42-33-31-29-27-25-23-21-19-17-15-13-11-9-7-2/h9,11,15,17,21,23,27,29,33,42,47,49,53,55,74H,6-8,10,12-14,16,18-20,22,24-26,28,30-32,34-41,43-46,48,50-52,54,56-73H2,1-5H3/b11-9-,17-15-,23-21-,29-27-,42-33-,49-47-,55-53-. The van der Waals surface area contributed by atoms with Crippen molar-refractivity contribution in [3.05, 3.63) is 85.1 Å². The van der Waals surface area contributed by atoms with E-state index in [1.165, 1.54) is 205 Å². The van der Waals surface area contributed by atoms with Gasteiger partial charge in [-0.2, -0.15) is 0 Å². The molecule has 0 aromatic heterocycles. The third kappa shape index (κ3) is 70.3. The number of allylic oxidation sites excluding steroid dienone is 14. The summed E-state index contributed by atoms with van der Waals surface area (Å²) in [6, 6.07) is 0. The predicted octanol–water partition coefficient (Wildman–Crippen LogP) is 23.1. The quantitative estimate of drug-likeness (QED) is 0.0195. The largest absolute Gasteiger partial charge is 0.756 e. The third-order valence-corrected chi connectivity index (χ3v) is 16.9. The number of ether oxygens (including phenoxy) is 2. The number of carbonyl (C=O) groups is 2. The lowest BCUT2D eigenvalue weighted by atomic mass is 10.0. The number of hydrogen-bond acceptors (Lipinski definition) is 8. The molecule has 0 saturated carbocycles. The summed E-state index contributed by atoms with van der Waals surface area (Å²) in [7, 11) is 1.15. The number of carbonyl (C=O) groups excluding carboxylic acids is 2. The van der Waals surface area contributed by atoms with Crippen molar-refractivity contribution in [1.82, 2.24) is 0 Å². The smallest absolute Gasteiger partial charge is 0.306 e. The van der Waals surface area contributed by atoms with Gasteiger partial charge in [-0.3, -0.25) is 14.2 Å². The molecule has 2 atom stereocenters. The summed E-state index contributed by atoms with van der Waals surface area (Å²) in [6.45, 7) is 4.14. The van der Waals surface area contributed by atoms with Crippen molar-refractivity contribution in [3.8, 4) is 0 Å². The molecule has 10 heteroatoms. The van der Waals surface area contributed by atoms with Crippen molar-refractivity contribution in [2.45, 2.75) is 341 Å². The van der Waals surface area contributed by atoms with Crippen LogP contribution in [-0.2, 0) is 32.7 Å². The zero-order valence-electron chi connectivity index (χ0n) is 57.0. The predicted molar refractivity (Wildman–Crippen MR) is 369 cm³/mol. The van der Waals surface area contributed by atoms with E-state index in [0.29, 0.717) is 17.4 Å². The van der Waals surface area contributed by atoms with Crippen LogP contribution in [-0.4, -0.2) is 70.0 Å². The monoisotopic (exact) mass is 1220 g/mol. The van der Waals surface area contributed by atoms with Gasteiger partial charge in [0.25, 0.3) is 7.82 Å². The Morgan fingerprint density at radius 3 is 0.988 bits per heavy atom. The molecule has 0 heterocycles. The normalized spacial score (nSPS) is 13.6. The summed E-state index contributed by atoms with van der Waals surface area (Å²) in [5.74, 6) is -0.847. The van der Waals surface area contributed by atoms with Crippen molar-refractivity contribution >= 4 is 19.8 Å². The Hall–Kier alpha value is -2.81. The number of phosphoric acid groups is 1. The van der Waals surface area contributed by atoms with Crippen LogP contribution in [0, 0.1) is 0 Å². The Balaban J connectivity index is 4.02. The lowest BCUT2D eigenvalue weighted by Gasteiger charge is -2.28. The van der Waals surface area contributed by atoms with Crippen molar-refractivity contribution < 1.29 is 42.1 Å². The fraction of sp³-hybridized carbons (Fsp3) is 0.789. The van der Waals surface area contributed by atoms with Gasteiger partial charge >= 0.3 is 11.9 Å². The summed E-state index contributed by atoms with van der Waals surface area (Å²) < 4.78 is 34.3. The molecule has 0 saturated heterocycles. The molecule has 0 N–H and O–H groups in total. The number of hydrogen-bond donors (Lipinski definition) is 0. The van der Waals surface area contributed by atoms with E-state index in [9.17, 15) is 19.0 Å². The van der Waals surface area contributed by atoms with E-state index < -0.39 is 26.5 Å². The molecule has 0 aliphatic carbocycles. The van der Waals surface area contributed by atoms with Gasteiger partial charge in [-0.1, -0.05) is 336 Å². The Labute approximate surface area is 532 Å². The average molecular weight is 1220 g/mol. The molecule has 2 unspecified atom stereocenters. The maximum absolute atomic E-state index is 12.9. The highest BCUT2D eigenvalue weighted by Gasteiger charge is 2.22. The van der Waals surface area contributed by atoms with Crippen molar-refractivity contribution in [3.63, 3.8) is 0 Å². The second-order valence-corrected chi connectivity index (χ2v) is 27.0. The highest BCUT2D eigenvalue weighted by Crippen LogP contribution is 2.38. The average Bonchev–Trinajstić information content (AvgIpc) is 3.53. The zero-order valence-corrected chi connectivity index (χ0v) is 57.9. The number of rotatable bonds is 67. The molecular formula is C76H138NO8P. The van der Waals surface area contributed by atoms with E-state index in [1.807, 2.05) is 21.1 Å². The molecule has 9 nitrogen and oxygen atoms in total. The maximum Gasteiger partial charge on any atom is 0.306 e. The van der Waals surface area contributed by atoms with E-state index in [-0.39, 0.29) is 32.0 Å². The first kappa shape index (κ1) is 83.2. The summed E-state index contributed by atoms with van der Waals surface area (Å²) in [5, 5.41) is 0. The molecule has 0 aromatic rings. The summed E-state index contributed by atoms with van der Waals surface area (Å²) in [6.07, 6.45) is 91.2. The molecule has 0 radical (unpaired) electrons. The Kier molecular flexibility index (Phi) is 64.4. The number of unbranched alkanes of at least 4 members (excludes halogenated alkanes) is 39. The number of quaternary nitrogens is 1. The van der Waals surface area contributed by atoms with Crippen LogP contribution in [0.5, 0.6) is 0 Å². The van der Waals surface area contributed by atoms with E-state index in [2.05, 4.69) is 98.9 Å². The fourth-order valence-electron chi connectivity index (χ4n) is 10.4. The van der Waals surface area contributed by atoms with E-state index in [4.69, 9.17) is 18.5 Å². The molecule has 0 spiro atoms. The van der Waals surface area contributed by atoms with Gasteiger partial charge in [-0.25, -0.2) is 0 Å². The molecule has 0 aliphatic heterocycles. The maximum atomic E-state index is 12.9. The van der Waals surface area contributed by atoms with Crippen LogP contribution in [0.4, 0.5) is 0 Å². The number of nitrogens with zero attached hydrogens (tertiary/aromatic N) is 1. The second kappa shape index (κ2) is 66.6. The fourth-order valence-corrected chi connectivity index (χ4v) is 11.1. The summed E-state index contributed by atoms with van der Waals surface area (Å²) in [5.41, 5.74) is 0. The Bertz CT molecular complexity index is 1730. The highest BCUT2D eigenvalue weighted by molar-refractivity contribution is 7.45. The van der Waals surface area contributed by atoms with Gasteiger partial charge in [0.1, 0.15) is 19.8 Å². The van der Waals surface area contributed by atoms with E-state index in [1.54, 1.807) is 0 Å². The first-order chi connectivity index (χ1) is 42.0. The van der Waals surface area contributed by atoms with Crippen LogP contribution >= 0.6 is 7.82 Å². The topological polar surface area (TPSA) is 111 Å². The molecule has 0 fully saturated rings. The minimum atomic E-state index is -4.65.